The maximum atomic E-state index is 13.4. The highest BCUT2D eigenvalue weighted by Crippen LogP contribution is 2.41. The van der Waals surface area contributed by atoms with Gasteiger partial charge in [-0.3, -0.25) is 9.69 Å². The van der Waals surface area contributed by atoms with Gasteiger partial charge in [-0.05, 0) is 55.5 Å². The molecule has 1 spiro atoms. The normalized spacial score (nSPS) is 24.9. The van der Waals surface area contributed by atoms with E-state index in [4.69, 9.17) is 4.52 Å². The van der Waals surface area contributed by atoms with Gasteiger partial charge in [0.2, 0.25) is 5.89 Å². The zero-order valence-electron chi connectivity index (χ0n) is 17.5. The Morgan fingerprint density at radius 1 is 1.14 bits per heavy atom. The van der Waals surface area contributed by atoms with E-state index < -0.39 is 5.54 Å². The summed E-state index contributed by atoms with van der Waals surface area (Å²) in [6.07, 6.45) is 6.99. The topological polar surface area (TPSA) is 82.8 Å². The third-order valence-electron chi connectivity index (χ3n) is 7.07. The van der Waals surface area contributed by atoms with Crippen LogP contribution in [0.15, 0.2) is 4.52 Å². The van der Waals surface area contributed by atoms with Crippen molar-refractivity contribution in [2.75, 3.05) is 31.1 Å². The van der Waals surface area contributed by atoms with E-state index >= 15 is 0 Å². The van der Waals surface area contributed by atoms with Crippen molar-refractivity contribution in [2.24, 2.45) is 11.8 Å². The second-order valence-electron chi connectivity index (χ2n) is 9.73. The summed E-state index contributed by atoms with van der Waals surface area (Å²) in [5.41, 5.74) is -0.701. The number of hydrogen-bond acceptors (Lipinski definition) is 6. The molecule has 2 saturated heterocycles. The molecule has 4 fully saturated rings. The predicted molar refractivity (Wildman–Crippen MR) is 106 cm³/mol. The molecular formula is C21H31N5O3. The number of anilines is 1. The Labute approximate surface area is 171 Å². The molecule has 0 N–H and O–H groups in total. The number of piperidine rings is 1. The first-order chi connectivity index (χ1) is 14.0. The van der Waals surface area contributed by atoms with Crippen molar-refractivity contribution < 1.29 is 14.1 Å². The van der Waals surface area contributed by atoms with Crippen molar-refractivity contribution in [1.29, 1.82) is 0 Å². The molecular weight excluding hydrogens is 370 g/mol. The van der Waals surface area contributed by atoms with Crippen LogP contribution in [0.2, 0.25) is 0 Å². The Balaban J connectivity index is 1.32. The summed E-state index contributed by atoms with van der Waals surface area (Å²) < 4.78 is 5.48. The van der Waals surface area contributed by atoms with E-state index in [1.165, 1.54) is 6.42 Å². The average Bonchev–Trinajstić information content (AvgIpc) is 3.33. The molecule has 8 heteroatoms. The number of carbonyl (C=O) groups is 2. The molecule has 0 aromatic carbocycles. The van der Waals surface area contributed by atoms with Gasteiger partial charge in [0, 0.05) is 32.1 Å². The monoisotopic (exact) mass is 401 g/mol. The molecule has 5 rings (SSSR count). The van der Waals surface area contributed by atoms with Crippen LogP contribution in [0.4, 0.5) is 10.7 Å². The molecule has 4 aliphatic rings. The van der Waals surface area contributed by atoms with Crippen molar-refractivity contribution in [3.63, 3.8) is 0 Å². The quantitative estimate of drug-likeness (QED) is 0.682. The van der Waals surface area contributed by atoms with Gasteiger partial charge in [-0.25, -0.2) is 4.79 Å². The van der Waals surface area contributed by atoms with E-state index in [1.54, 1.807) is 4.90 Å². The summed E-state index contributed by atoms with van der Waals surface area (Å²) in [4.78, 5) is 36.7. The molecule has 1 aromatic rings. The van der Waals surface area contributed by atoms with Crippen molar-refractivity contribution in [3.8, 4) is 0 Å². The zero-order chi connectivity index (χ0) is 20.2. The minimum Gasteiger partial charge on any atom is -0.338 e. The fourth-order valence-corrected chi connectivity index (χ4v) is 4.86. The molecule has 0 bridgehead atoms. The van der Waals surface area contributed by atoms with Gasteiger partial charge in [-0.15, -0.1) is 0 Å². The highest BCUT2D eigenvalue weighted by molar-refractivity contribution is 6.07. The second kappa shape index (κ2) is 6.99. The Hall–Kier alpha value is -2.12. The van der Waals surface area contributed by atoms with Gasteiger partial charge < -0.3 is 14.3 Å². The first-order valence-corrected chi connectivity index (χ1v) is 11.2. The number of amides is 3. The molecule has 2 aliphatic heterocycles. The van der Waals surface area contributed by atoms with Crippen molar-refractivity contribution in [1.82, 2.24) is 19.9 Å². The maximum absolute atomic E-state index is 13.4. The van der Waals surface area contributed by atoms with Crippen LogP contribution in [-0.4, -0.2) is 63.6 Å². The fourth-order valence-electron chi connectivity index (χ4n) is 4.86. The number of aromatic nitrogens is 2. The van der Waals surface area contributed by atoms with E-state index in [0.29, 0.717) is 62.7 Å². The largest absolute Gasteiger partial charge is 0.338 e. The van der Waals surface area contributed by atoms with E-state index in [0.717, 1.165) is 31.6 Å². The SMILES string of the molecule is CC(C)CN1C(=O)N(CC2CC2)C(=O)C12CCN(c1noc(C3CCC3)n1)CC2. The summed E-state index contributed by atoms with van der Waals surface area (Å²) in [6.45, 7) is 6.74. The number of carbonyl (C=O) groups excluding carboxylic acids is 2. The first kappa shape index (κ1) is 18.9. The van der Waals surface area contributed by atoms with E-state index in [2.05, 4.69) is 28.9 Å². The van der Waals surface area contributed by atoms with Gasteiger partial charge >= 0.3 is 6.03 Å². The van der Waals surface area contributed by atoms with Crippen LogP contribution in [-0.2, 0) is 4.79 Å². The van der Waals surface area contributed by atoms with Gasteiger partial charge in [-0.2, -0.15) is 4.98 Å². The minimum atomic E-state index is -0.701. The summed E-state index contributed by atoms with van der Waals surface area (Å²) in [5, 5.41) is 4.19. The number of hydrogen-bond donors (Lipinski definition) is 0. The lowest BCUT2D eigenvalue weighted by molar-refractivity contribution is -0.134. The second-order valence-corrected chi connectivity index (χ2v) is 9.73. The van der Waals surface area contributed by atoms with Gasteiger partial charge in [0.05, 0.1) is 0 Å². The van der Waals surface area contributed by atoms with Gasteiger partial charge in [0.1, 0.15) is 5.54 Å². The molecule has 158 valence electrons. The van der Waals surface area contributed by atoms with E-state index in [9.17, 15) is 9.59 Å². The Morgan fingerprint density at radius 3 is 2.45 bits per heavy atom. The third-order valence-corrected chi connectivity index (χ3v) is 7.07. The fraction of sp³-hybridized carbons (Fsp3) is 0.810. The molecule has 2 aliphatic carbocycles. The molecule has 8 nitrogen and oxygen atoms in total. The lowest BCUT2D eigenvalue weighted by Crippen LogP contribution is -2.57. The molecule has 0 unspecified atom stereocenters. The van der Waals surface area contributed by atoms with Crippen molar-refractivity contribution >= 4 is 17.9 Å². The van der Waals surface area contributed by atoms with Crippen LogP contribution < -0.4 is 4.90 Å². The highest BCUT2D eigenvalue weighted by atomic mass is 16.5. The number of urea groups is 1. The highest BCUT2D eigenvalue weighted by Gasteiger charge is 2.58. The minimum absolute atomic E-state index is 0.0120. The molecule has 1 aromatic heterocycles. The van der Waals surface area contributed by atoms with E-state index in [-0.39, 0.29) is 11.9 Å². The predicted octanol–water partition coefficient (Wildman–Crippen LogP) is 3.01. The number of rotatable bonds is 6. The first-order valence-electron chi connectivity index (χ1n) is 11.2. The van der Waals surface area contributed by atoms with Crippen LogP contribution in [0.5, 0.6) is 0 Å². The Morgan fingerprint density at radius 2 is 1.86 bits per heavy atom. The lowest BCUT2D eigenvalue weighted by Gasteiger charge is -2.42. The molecule has 0 radical (unpaired) electrons. The molecule has 3 amide bonds. The van der Waals surface area contributed by atoms with Gasteiger partial charge in [0.15, 0.2) is 0 Å². The molecule has 3 heterocycles. The molecule has 29 heavy (non-hydrogen) atoms. The Kier molecular flexibility index (Phi) is 4.55. The van der Waals surface area contributed by atoms with Crippen LogP contribution in [0.3, 0.4) is 0 Å². The van der Waals surface area contributed by atoms with Crippen molar-refractivity contribution in [3.05, 3.63) is 5.89 Å². The maximum Gasteiger partial charge on any atom is 0.327 e. The zero-order valence-corrected chi connectivity index (χ0v) is 17.5. The lowest BCUT2D eigenvalue weighted by atomic mass is 9.85. The Bertz CT molecular complexity index is 790. The third kappa shape index (κ3) is 3.20. The van der Waals surface area contributed by atoms with Crippen LogP contribution in [0, 0.1) is 11.8 Å². The molecule has 0 atom stereocenters. The smallest absolute Gasteiger partial charge is 0.327 e. The number of nitrogens with zero attached hydrogens (tertiary/aromatic N) is 5. The van der Waals surface area contributed by atoms with Crippen molar-refractivity contribution in [2.45, 2.75) is 70.3 Å². The summed E-state index contributed by atoms with van der Waals surface area (Å²) in [5.74, 6) is 2.63. The molecule has 2 saturated carbocycles. The van der Waals surface area contributed by atoms with Gasteiger partial charge in [-0.1, -0.05) is 20.3 Å². The summed E-state index contributed by atoms with van der Waals surface area (Å²) >= 11 is 0. The summed E-state index contributed by atoms with van der Waals surface area (Å²) in [6, 6.07) is -0.0871. The summed E-state index contributed by atoms with van der Waals surface area (Å²) in [7, 11) is 0. The van der Waals surface area contributed by atoms with Crippen LogP contribution >= 0.6 is 0 Å². The van der Waals surface area contributed by atoms with Crippen LogP contribution in [0.1, 0.15) is 70.6 Å². The standard InChI is InChI=1S/C21H31N5O3/c1-14(2)12-26-20(28)25(13-15-6-7-15)18(27)21(26)8-10-24(11-9-21)19-22-17(29-23-19)16-4-3-5-16/h14-16H,3-13H2,1-2H3. The average molecular weight is 402 g/mol. The van der Waals surface area contributed by atoms with E-state index in [1.807, 2.05) is 4.90 Å². The van der Waals surface area contributed by atoms with Crippen LogP contribution in [0.25, 0.3) is 0 Å². The number of imide groups is 1. The van der Waals surface area contributed by atoms with Gasteiger partial charge in [0.25, 0.3) is 11.9 Å².